The Morgan fingerprint density at radius 1 is 1.41 bits per heavy atom. The van der Waals surface area contributed by atoms with Crippen LogP contribution in [0.15, 0.2) is 54.8 Å². The van der Waals surface area contributed by atoms with Gasteiger partial charge in [0, 0.05) is 5.70 Å². The molecular weight excluding hydrogens is 214 g/mol. The van der Waals surface area contributed by atoms with E-state index >= 15 is 0 Å². The van der Waals surface area contributed by atoms with Crippen LogP contribution in [-0.4, -0.2) is 6.09 Å². The van der Waals surface area contributed by atoms with Crippen molar-refractivity contribution in [2.75, 3.05) is 0 Å². The van der Waals surface area contributed by atoms with Crippen molar-refractivity contribution in [3.8, 4) is 0 Å². The number of carbonyl (C=O) groups is 1. The van der Waals surface area contributed by atoms with E-state index in [0.717, 1.165) is 12.0 Å². The van der Waals surface area contributed by atoms with Crippen molar-refractivity contribution in [3.63, 3.8) is 0 Å². The van der Waals surface area contributed by atoms with Gasteiger partial charge in [-0.3, -0.25) is 5.32 Å². The van der Waals surface area contributed by atoms with Gasteiger partial charge >= 0.3 is 6.09 Å². The van der Waals surface area contributed by atoms with E-state index in [2.05, 4.69) is 11.9 Å². The summed E-state index contributed by atoms with van der Waals surface area (Å²) < 4.78 is 5.07. The van der Waals surface area contributed by atoms with Gasteiger partial charge in [0.2, 0.25) is 0 Å². The Hall–Kier alpha value is -2.03. The van der Waals surface area contributed by atoms with Crippen LogP contribution < -0.4 is 5.32 Å². The molecule has 1 aromatic carbocycles. The summed E-state index contributed by atoms with van der Waals surface area (Å²) in [6, 6.07) is 9.54. The molecule has 0 heterocycles. The molecule has 0 atom stereocenters. The topological polar surface area (TPSA) is 38.3 Å². The van der Waals surface area contributed by atoms with Gasteiger partial charge < -0.3 is 4.74 Å². The van der Waals surface area contributed by atoms with Crippen LogP contribution in [0.5, 0.6) is 0 Å². The molecule has 0 aliphatic rings. The number of benzene rings is 1. The van der Waals surface area contributed by atoms with Crippen LogP contribution in [0, 0.1) is 0 Å². The smallest absolute Gasteiger partial charge is 0.411 e. The summed E-state index contributed by atoms with van der Waals surface area (Å²) in [6.07, 6.45) is 3.83. The number of nitrogens with one attached hydrogen (secondary N) is 1. The molecule has 0 spiro atoms. The monoisotopic (exact) mass is 231 g/mol. The van der Waals surface area contributed by atoms with E-state index in [1.165, 1.54) is 0 Å². The standard InChI is InChI=1S/C14H17NO2/c1-3-8-13(4-2)15-14(16)17-11-12-9-6-5-7-10-12/h4-10H,2-3,11H2,1H3,(H,15,16)/b13-8+. The number of hydrogen-bond donors (Lipinski definition) is 1. The van der Waals surface area contributed by atoms with Gasteiger partial charge in [0.25, 0.3) is 0 Å². The summed E-state index contributed by atoms with van der Waals surface area (Å²) in [6.45, 7) is 5.87. The molecule has 0 aliphatic carbocycles. The first kappa shape index (κ1) is 13.0. The molecule has 0 fully saturated rings. The molecule has 3 nitrogen and oxygen atoms in total. The van der Waals surface area contributed by atoms with E-state index in [0.29, 0.717) is 5.70 Å². The minimum absolute atomic E-state index is 0.267. The second kappa shape index (κ2) is 7.28. The second-order valence-electron chi connectivity index (χ2n) is 3.46. The van der Waals surface area contributed by atoms with Gasteiger partial charge in [0.05, 0.1) is 0 Å². The zero-order valence-electron chi connectivity index (χ0n) is 9.98. The first-order valence-corrected chi connectivity index (χ1v) is 5.56. The lowest BCUT2D eigenvalue weighted by molar-refractivity contribution is 0.143. The molecule has 17 heavy (non-hydrogen) atoms. The minimum atomic E-state index is -0.464. The highest BCUT2D eigenvalue weighted by atomic mass is 16.5. The molecule has 0 unspecified atom stereocenters. The lowest BCUT2D eigenvalue weighted by Gasteiger charge is -2.07. The Labute approximate surface area is 102 Å². The number of carbonyl (C=O) groups excluding carboxylic acids is 1. The van der Waals surface area contributed by atoms with Crippen LogP contribution in [-0.2, 0) is 11.3 Å². The molecule has 3 heteroatoms. The molecule has 0 aliphatic heterocycles. The average Bonchev–Trinajstić information content (AvgIpc) is 2.37. The summed E-state index contributed by atoms with van der Waals surface area (Å²) in [5, 5.41) is 2.62. The van der Waals surface area contributed by atoms with Crippen molar-refractivity contribution in [1.82, 2.24) is 5.32 Å². The van der Waals surface area contributed by atoms with Gasteiger partial charge in [0.15, 0.2) is 0 Å². The van der Waals surface area contributed by atoms with Crippen LogP contribution in [0.2, 0.25) is 0 Å². The van der Waals surface area contributed by atoms with E-state index in [1.807, 2.05) is 43.3 Å². The predicted octanol–water partition coefficient (Wildman–Crippen LogP) is 3.39. The van der Waals surface area contributed by atoms with Crippen molar-refractivity contribution in [2.24, 2.45) is 0 Å². The Kier molecular flexibility index (Phi) is 5.58. The van der Waals surface area contributed by atoms with Crippen molar-refractivity contribution in [2.45, 2.75) is 20.0 Å². The third-order valence-corrected chi connectivity index (χ3v) is 2.10. The third kappa shape index (κ3) is 5.02. The highest BCUT2D eigenvalue weighted by Crippen LogP contribution is 2.01. The molecular formula is C14H17NO2. The largest absolute Gasteiger partial charge is 0.444 e. The lowest BCUT2D eigenvalue weighted by atomic mass is 10.2. The molecule has 90 valence electrons. The average molecular weight is 231 g/mol. The summed E-state index contributed by atoms with van der Waals surface area (Å²) in [4.78, 5) is 11.4. The van der Waals surface area contributed by atoms with E-state index in [9.17, 15) is 4.79 Å². The maximum Gasteiger partial charge on any atom is 0.411 e. The number of amides is 1. The first-order chi connectivity index (χ1) is 8.26. The van der Waals surface area contributed by atoms with Crippen LogP contribution in [0.25, 0.3) is 0 Å². The fourth-order valence-electron chi connectivity index (χ4n) is 1.28. The van der Waals surface area contributed by atoms with Gasteiger partial charge in [-0.2, -0.15) is 0 Å². The normalized spacial score (nSPS) is 10.8. The number of allylic oxidation sites excluding steroid dienone is 2. The van der Waals surface area contributed by atoms with Gasteiger partial charge in [0.1, 0.15) is 6.61 Å². The number of rotatable bonds is 5. The summed E-state index contributed by atoms with van der Waals surface area (Å²) in [5.41, 5.74) is 1.63. The summed E-state index contributed by atoms with van der Waals surface area (Å²) >= 11 is 0. The summed E-state index contributed by atoms with van der Waals surface area (Å²) in [7, 11) is 0. The summed E-state index contributed by atoms with van der Waals surface area (Å²) in [5.74, 6) is 0. The van der Waals surface area contributed by atoms with Crippen LogP contribution in [0.4, 0.5) is 4.79 Å². The Morgan fingerprint density at radius 3 is 2.71 bits per heavy atom. The molecule has 1 amide bonds. The maximum atomic E-state index is 11.4. The van der Waals surface area contributed by atoms with Crippen molar-refractivity contribution in [3.05, 3.63) is 60.3 Å². The van der Waals surface area contributed by atoms with Crippen LogP contribution in [0.1, 0.15) is 18.9 Å². The Morgan fingerprint density at radius 2 is 2.12 bits per heavy atom. The minimum Gasteiger partial charge on any atom is -0.444 e. The van der Waals surface area contributed by atoms with Gasteiger partial charge in [-0.05, 0) is 18.1 Å². The lowest BCUT2D eigenvalue weighted by Crippen LogP contribution is -2.22. The fourth-order valence-corrected chi connectivity index (χ4v) is 1.28. The van der Waals surface area contributed by atoms with Gasteiger partial charge in [-0.15, -0.1) is 0 Å². The number of alkyl carbamates (subject to hydrolysis) is 1. The highest BCUT2D eigenvalue weighted by Gasteiger charge is 2.02. The first-order valence-electron chi connectivity index (χ1n) is 5.56. The molecule has 0 aromatic heterocycles. The Balaban J connectivity index is 2.40. The van der Waals surface area contributed by atoms with Crippen molar-refractivity contribution < 1.29 is 9.53 Å². The zero-order chi connectivity index (χ0) is 12.5. The van der Waals surface area contributed by atoms with E-state index in [1.54, 1.807) is 6.08 Å². The molecule has 1 rings (SSSR count). The molecule has 0 saturated carbocycles. The maximum absolute atomic E-state index is 11.4. The van der Waals surface area contributed by atoms with E-state index < -0.39 is 6.09 Å². The van der Waals surface area contributed by atoms with Gasteiger partial charge in [-0.1, -0.05) is 49.9 Å². The fraction of sp³-hybridized carbons (Fsp3) is 0.214. The van der Waals surface area contributed by atoms with Crippen LogP contribution >= 0.6 is 0 Å². The molecule has 0 saturated heterocycles. The zero-order valence-corrected chi connectivity index (χ0v) is 9.98. The van der Waals surface area contributed by atoms with Gasteiger partial charge in [-0.25, -0.2) is 4.79 Å². The molecule has 0 bridgehead atoms. The van der Waals surface area contributed by atoms with Crippen LogP contribution in [0.3, 0.4) is 0 Å². The molecule has 1 N–H and O–H groups in total. The third-order valence-electron chi connectivity index (χ3n) is 2.10. The highest BCUT2D eigenvalue weighted by molar-refractivity contribution is 5.70. The SMILES string of the molecule is C=C/C(=C\CC)NC(=O)OCc1ccccc1. The van der Waals surface area contributed by atoms with Crippen molar-refractivity contribution >= 4 is 6.09 Å². The predicted molar refractivity (Wildman–Crippen MR) is 68.3 cm³/mol. The second-order valence-corrected chi connectivity index (χ2v) is 3.46. The molecule has 0 radical (unpaired) electrons. The van der Waals surface area contributed by atoms with E-state index in [-0.39, 0.29) is 6.61 Å². The molecule has 1 aromatic rings. The van der Waals surface area contributed by atoms with Crippen molar-refractivity contribution in [1.29, 1.82) is 0 Å². The number of hydrogen-bond acceptors (Lipinski definition) is 2. The Bertz CT molecular complexity index is 396. The number of ether oxygens (including phenoxy) is 1. The van der Waals surface area contributed by atoms with E-state index in [4.69, 9.17) is 4.74 Å². The quantitative estimate of drug-likeness (QED) is 0.789.